The Balaban J connectivity index is 1.60. The minimum atomic E-state index is 0.618. The minimum Gasteiger partial charge on any atom is -0.460 e. The zero-order valence-corrected chi connectivity index (χ0v) is 11.3. The van der Waals surface area contributed by atoms with E-state index in [1.165, 1.54) is 12.0 Å². The van der Waals surface area contributed by atoms with Gasteiger partial charge < -0.3 is 4.42 Å². The molecule has 2 atom stereocenters. The first-order chi connectivity index (χ1) is 9.22. The van der Waals surface area contributed by atoms with Gasteiger partial charge in [-0.05, 0) is 43.5 Å². The van der Waals surface area contributed by atoms with Crippen LogP contribution in [0.1, 0.15) is 36.3 Å². The second kappa shape index (κ2) is 4.92. The molecule has 1 aromatic carbocycles. The van der Waals surface area contributed by atoms with E-state index in [0.29, 0.717) is 5.92 Å². The summed E-state index contributed by atoms with van der Waals surface area (Å²) in [5.41, 5.74) is 5.21. The quantitative estimate of drug-likeness (QED) is 0.657. The summed E-state index contributed by atoms with van der Waals surface area (Å²) in [6.45, 7) is 4.32. The Morgan fingerprint density at radius 2 is 1.95 bits per heavy atom. The molecule has 19 heavy (non-hydrogen) atoms. The smallest absolute Gasteiger partial charge is 0.147 e. The van der Waals surface area contributed by atoms with Crippen LogP contribution in [0.2, 0.25) is 0 Å². The van der Waals surface area contributed by atoms with Crippen molar-refractivity contribution in [3.05, 3.63) is 53.5 Å². The van der Waals surface area contributed by atoms with Crippen LogP contribution in [0.3, 0.4) is 0 Å². The SMILES string of the molecule is Cc1ccc(N/N=C\c2ccc([C@H]3C[C@@H]3C)o2)cc1. The largest absolute Gasteiger partial charge is 0.460 e. The van der Waals surface area contributed by atoms with Crippen molar-refractivity contribution in [2.24, 2.45) is 11.0 Å². The van der Waals surface area contributed by atoms with Gasteiger partial charge in [0.2, 0.25) is 0 Å². The van der Waals surface area contributed by atoms with Crippen LogP contribution in [0.4, 0.5) is 5.69 Å². The zero-order valence-electron chi connectivity index (χ0n) is 11.3. The van der Waals surface area contributed by atoms with Crippen molar-refractivity contribution in [2.75, 3.05) is 5.43 Å². The third-order valence-corrected chi connectivity index (χ3v) is 3.56. The normalized spacial score (nSPS) is 21.8. The summed E-state index contributed by atoms with van der Waals surface area (Å²) in [7, 11) is 0. The Labute approximate surface area is 113 Å². The van der Waals surface area contributed by atoms with Gasteiger partial charge in [0.25, 0.3) is 0 Å². The molecule has 0 radical (unpaired) electrons. The molecule has 1 N–H and O–H groups in total. The first-order valence-corrected chi connectivity index (χ1v) is 6.68. The second-order valence-electron chi connectivity index (χ2n) is 5.30. The Kier molecular flexibility index (Phi) is 3.11. The number of benzene rings is 1. The van der Waals surface area contributed by atoms with Crippen LogP contribution in [0.25, 0.3) is 0 Å². The number of nitrogens with zero attached hydrogens (tertiary/aromatic N) is 1. The maximum Gasteiger partial charge on any atom is 0.147 e. The highest BCUT2D eigenvalue weighted by Gasteiger charge is 2.36. The summed E-state index contributed by atoms with van der Waals surface area (Å²) in [6.07, 6.45) is 2.96. The van der Waals surface area contributed by atoms with Gasteiger partial charge in [0.1, 0.15) is 11.5 Å². The second-order valence-corrected chi connectivity index (χ2v) is 5.30. The molecule has 1 aromatic heterocycles. The van der Waals surface area contributed by atoms with E-state index in [-0.39, 0.29) is 0 Å². The predicted molar refractivity (Wildman–Crippen MR) is 77.6 cm³/mol. The van der Waals surface area contributed by atoms with E-state index in [9.17, 15) is 0 Å². The number of rotatable bonds is 4. The third kappa shape index (κ3) is 2.87. The van der Waals surface area contributed by atoms with E-state index in [2.05, 4.69) is 42.6 Å². The molecule has 3 rings (SSSR count). The fraction of sp³-hybridized carbons (Fsp3) is 0.312. The van der Waals surface area contributed by atoms with Crippen LogP contribution in [-0.4, -0.2) is 6.21 Å². The Hall–Kier alpha value is -2.03. The molecule has 1 aliphatic rings. The van der Waals surface area contributed by atoms with Gasteiger partial charge in [0, 0.05) is 5.92 Å². The number of hydrogen-bond donors (Lipinski definition) is 1. The Morgan fingerprint density at radius 1 is 1.21 bits per heavy atom. The number of hydrogen-bond acceptors (Lipinski definition) is 3. The molecular weight excluding hydrogens is 236 g/mol. The summed E-state index contributed by atoms with van der Waals surface area (Å²) in [5.74, 6) is 3.27. The number of aryl methyl sites for hydroxylation is 1. The van der Waals surface area contributed by atoms with Crippen molar-refractivity contribution < 1.29 is 4.42 Å². The highest BCUT2D eigenvalue weighted by molar-refractivity contribution is 5.76. The molecule has 1 saturated carbocycles. The topological polar surface area (TPSA) is 37.5 Å². The number of furan rings is 1. The standard InChI is InChI=1S/C16H18N2O/c1-11-3-5-13(6-4-11)18-17-10-14-7-8-16(19-14)15-9-12(15)2/h3-8,10,12,15,18H,9H2,1-2H3/b17-10-/t12-,15-/m0/s1. The van der Waals surface area contributed by atoms with Gasteiger partial charge in [-0.2, -0.15) is 5.10 Å². The van der Waals surface area contributed by atoms with E-state index in [0.717, 1.165) is 23.1 Å². The van der Waals surface area contributed by atoms with E-state index in [4.69, 9.17) is 4.42 Å². The fourth-order valence-electron chi connectivity index (χ4n) is 2.15. The molecule has 0 amide bonds. The van der Waals surface area contributed by atoms with Crippen LogP contribution in [0, 0.1) is 12.8 Å². The summed E-state index contributed by atoms with van der Waals surface area (Å²) in [6, 6.07) is 12.1. The average molecular weight is 254 g/mol. The molecule has 2 aromatic rings. The van der Waals surface area contributed by atoms with Gasteiger partial charge in [-0.1, -0.05) is 24.6 Å². The van der Waals surface area contributed by atoms with Crippen molar-refractivity contribution in [1.82, 2.24) is 0 Å². The molecule has 0 spiro atoms. The maximum atomic E-state index is 5.75. The Morgan fingerprint density at radius 3 is 2.63 bits per heavy atom. The van der Waals surface area contributed by atoms with E-state index >= 15 is 0 Å². The zero-order chi connectivity index (χ0) is 13.2. The average Bonchev–Trinajstić information content (AvgIpc) is 2.96. The van der Waals surface area contributed by atoms with Gasteiger partial charge >= 0.3 is 0 Å². The van der Waals surface area contributed by atoms with Gasteiger partial charge in [-0.15, -0.1) is 0 Å². The summed E-state index contributed by atoms with van der Waals surface area (Å²) >= 11 is 0. The lowest BCUT2D eigenvalue weighted by Gasteiger charge is -1.99. The van der Waals surface area contributed by atoms with Gasteiger partial charge in [-0.25, -0.2) is 0 Å². The molecule has 1 heterocycles. The van der Waals surface area contributed by atoms with Crippen molar-refractivity contribution >= 4 is 11.9 Å². The maximum absolute atomic E-state index is 5.75. The monoisotopic (exact) mass is 254 g/mol. The lowest BCUT2D eigenvalue weighted by Crippen LogP contribution is -1.89. The molecule has 3 nitrogen and oxygen atoms in total. The highest BCUT2D eigenvalue weighted by atomic mass is 16.3. The molecule has 3 heteroatoms. The summed E-state index contributed by atoms with van der Waals surface area (Å²) in [4.78, 5) is 0. The number of hydrazone groups is 1. The molecular formula is C16H18N2O. The lowest BCUT2D eigenvalue weighted by atomic mass is 10.2. The fourth-order valence-corrected chi connectivity index (χ4v) is 2.15. The van der Waals surface area contributed by atoms with Crippen molar-refractivity contribution in [2.45, 2.75) is 26.2 Å². The first-order valence-electron chi connectivity index (χ1n) is 6.68. The molecule has 0 unspecified atom stereocenters. The summed E-state index contributed by atoms with van der Waals surface area (Å²) in [5, 5.41) is 4.18. The van der Waals surface area contributed by atoms with Crippen molar-refractivity contribution in [3.8, 4) is 0 Å². The Bertz CT molecular complexity index is 583. The van der Waals surface area contributed by atoms with E-state index in [1.807, 2.05) is 18.2 Å². The third-order valence-electron chi connectivity index (χ3n) is 3.56. The van der Waals surface area contributed by atoms with Crippen LogP contribution >= 0.6 is 0 Å². The molecule has 0 bridgehead atoms. The first kappa shape index (κ1) is 12.0. The van der Waals surface area contributed by atoms with Gasteiger partial charge in [0.15, 0.2) is 0 Å². The molecule has 1 aliphatic carbocycles. The van der Waals surface area contributed by atoms with Crippen molar-refractivity contribution in [3.63, 3.8) is 0 Å². The number of nitrogens with one attached hydrogen (secondary N) is 1. The summed E-state index contributed by atoms with van der Waals surface area (Å²) < 4.78 is 5.75. The molecule has 1 fully saturated rings. The molecule has 0 aliphatic heterocycles. The van der Waals surface area contributed by atoms with E-state index < -0.39 is 0 Å². The van der Waals surface area contributed by atoms with Gasteiger partial charge in [-0.3, -0.25) is 5.43 Å². The van der Waals surface area contributed by atoms with Gasteiger partial charge in [0.05, 0.1) is 11.9 Å². The molecule has 98 valence electrons. The van der Waals surface area contributed by atoms with Crippen molar-refractivity contribution in [1.29, 1.82) is 0 Å². The highest BCUT2D eigenvalue weighted by Crippen LogP contribution is 2.47. The van der Waals surface area contributed by atoms with Crippen LogP contribution in [-0.2, 0) is 0 Å². The van der Waals surface area contributed by atoms with Crippen LogP contribution in [0.5, 0.6) is 0 Å². The minimum absolute atomic E-state index is 0.618. The van der Waals surface area contributed by atoms with Crippen LogP contribution < -0.4 is 5.43 Å². The van der Waals surface area contributed by atoms with Crippen LogP contribution in [0.15, 0.2) is 45.9 Å². The van der Waals surface area contributed by atoms with E-state index in [1.54, 1.807) is 6.21 Å². The number of anilines is 1. The molecule has 0 saturated heterocycles. The lowest BCUT2D eigenvalue weighted by molar-refractivity contribution is 0.500. The predicted octanol–water partition coefficient (Wildman–Crippen LogP) is 4.16.